The van der Waals surface area contributed by atoms with Gasteiger partial charge in [-0.25, -0.2) is 4.99 Å². The number of nitrogens with zero attached hydrogens (tertiary/aromatic N) is 1. The van der Waals surface area contributed by atoms with Crippen LogP contribution >= 0.6 is 0 Å². The average Bonchev–Trinajstić information content (AvgIpc) is 3.17. The standard InChI is InChI=1S/C24H20N2O3/c1-24(2)11-17(27)20(18(28)12-24)22-14-8-4-3-7-13(14)21(26-22)19-15-9-5-6-10-16(15)25-23(19)29/h3-10,25,29H,11-12H2,1-2H3. The molecule has 1 aliphatic heterocycles. The van der Waals surface area contributed by atoms with Gasteiger partial charge in [0.15, 0.2) is 17.4 Å². The molecule has 0 unspecified atom stereocenters. The van der Waals surface area contributed by atoms with E-state index >= 15 is 0 Å². The first kappa shape index (κ1) is 17.6. The van der Waals surface area contributed by atoms with E-state index in [0.29, 0.717) is 29.8 Å². The van der Waals surface area contributed by atoms with Crippen LogP contribution in [0.2, 0.25) is 0 Å². The van der Waals surface area contributed by atoms with Gasteiger partial charge in [0.05, 0.1) is 22.5 Å². The fraction of sp³-hybridized carbons (Fsp3) is 0.208. The summed E-state index contributed by atoms with van der Waals surface area (Å²) in [4.78, 5) is 33.5. The average molecular weight is 384 g/mol. The van der Waals surface area contributed by atoms with Crippen molar-refractivity contribution in [2.24, 2.45) is 10.4 Å². The molecule has 0 amide bonds. The van der Waals surface area contributed by atoms with E-state index in [9.17, 15) is 14.7 Å². The van der Waals surface area contributed by atoms with Crippen LogP contribution in [0.5, 0.6) is 5.88 Å². The Morgan fingerprint density at radius 2 is 1.55 bits per heavy atom. The smallest absolute Gasteiger partial charge is 0.199 e. The van der Waals surface area contributed by atoms with Crippen LogP contribution in [-0.2, 0) is 9.59 Å². The highest BCUT2D eigenvalue weighted by atomic mass is 16.3. The van der Waals surface area contributed by atoms with Crippen LogP contribution in [0.4, 0.5) is 0 Å². The summed E-state index contributed by atoms with van der Waals surface area (Å²) in [7, 11) is 0. The van der Waals surface area contributed by atoms with Crippen molar-refractivity contribution in [1.82, 2.24) is 4.98 Å². The van der Waals surface area contributed by atoms with E-state index in [-0.39, 0.29) is 28.4 Å². The van der Waals surface area contributed by atoms with Gasteiger partial charge < -0.3 is 10.1 Å². The molecular weight excluding hydrogens is 364 g/mol. The first-order chi connectivity index (χ1) is 13.9. The molecule has 144 valence electrons. The lowest BCUT2D eigenvalue weighted by Gasteiger charge is -2.28. The fourth-order valence-corrected chi connectivity index (χ4v) is 4.41. The quantitative estimate of drug-likeness (QED) is 0.482. The summed E-state index contributed by atoms with van der Waals surface area (Å²) >= 11 is 0. The first-order valence-corrected chi connectivity index (χ1v) is 9.65. The van der Waals surface area contributed by atoms with Crippen LogP contribution in [-0.4, -0.2) is 27.4 Å². The summed E-state index contributed by atoms with van der Waals surface area (Å²) in [6.45, 7) is 3.87. The molecule has 5 rings (SSSR count). The molecule has 1 saturated carbocycles. The Kier molecular flexibility index (Phi) is 3.65. The number of allylic oxidation sites excluding steroid dienone is 1. The predicted octanol–water partition coefficient (Wildman–Crippen LogP) is 4.39. The van der Waals surface area contributed by atoms with E-state index in [1.807, 2.05) is 62.4 Å². The number of hydrogen-bond acceptors (Lipinski definition) is 4. The number of para-hydroxylation sites is 1. The van der Waals surface area contributed by atoms with Gasteiger partial charge in [0.2, 0.25) is 0 Å². The van der Waals surface area contributed by atoms with E-state index in [1.165, 1.54) is 0 Å². The number of hydrogen-bond donors (Lipinski definition) is 2. The number of benzene rings is 2. The van der Waals surface area contributed by atoms with Crippen molar-refractivity contribution in [3.05, 3.63) is 70.8 Å². The van der Waals surface area contributed by atoms with Crippen molar-refractivity contribution in [2.45, 2.75) is 26.7 Å². The van der Waals surface area contributed by atoms with Gasteiger partial charge in [-0.15, -0.1) is 0 Å². The monoisotopic (exact) mass is 384 g/mol. The largest absolute Gasteiger partial charge is 0.494 e. The van der Waals surface area contributed by atoms with Gasteiger partial charge in [-0.2, -0.15) is 0 Å². The number of carbonyl (C=O) groups excluding carboxylic acids is 2. The highest BCUT2D eigenvalue weighted by Crippen LogP contribution is 2.42. The molecule has 0 atom stereocenters. The van der Waals surface area contributed by atoms with Crippen LogP contribution in [0.25, 0.3) is 16.6 Å². The molecule has 29 heavy (non-hydrogen) atoms. The van der Waals surface area contributed by atoms with Crippen LogP contribution in [0.15, 0.2) is 59.1 Å². The Hall–Kier alpha value is -3.47. The summed E-state index contributed by atoms with van der Waals surface area (Å²) in [5, 5.41) is 11.4. The Balaban J connectivity index is 1.78. The molecule has 2 N–H and O–H groups in total. The molecule has 0 radical (unpaired) electrons. The van der Waals surface area contributed by atoms with Crippen LogP contribution in [0, 0.1) is 5.41 Å². The maximum absolute atomic E-state index is 12.9. The van der Waals surface area contributed by atoms with Gasteiger partial charge in [0, 0.05) is 34.9 Å². The van der Waals surface area contributed by atoms with E-state index < -0.39 is 0 Å². The third-order valence-corrected chi connectivity index (χ3v) is 5.66. The van der Waals surface area contributed by atoms with Crippen LogP contribution < -0.4 is 0 Å². The van der Waals surface area contributed by atoms with Crippen molar-refractivity contribution in [2.75, 3.05) is 0 Å². The molecule has 2 aromatic carbocycles. The zero-order chi connectivity index (χ0) is 20.3. The number of nitrogens with one attached hydrogen (secondary N) is 1. The molecule has 1 fully saturated rings. The Morgan fingerprint density at radius 1 is 0.931 bits per heavy atom. The number of fused-ring (bicyclic) bond motifs is 2. The predicted molar refractivity (Wildman–Crippen MR) is 112 cm³/mol. The molecule has 0 bridgehead atoms. The normalized spacial score (nSPS) is 18.3. The minimum Gasteiger partial charge on any atom is -0.494 e. The topological polar surface area (TPSA) is 82.5 Å². The van der Waals surface area contributed by atoms with E-state index in [1.54, 1.807) is 0 Å². The Morgan fingerprint density at radius 3 is 2.28 bits per heavy atom. The van der Waals surface area contributed by atoms with E-state index in [4.69, 9.17) is 4.99 Å². The number of rotatable bonds is 1. The third-order valence-electron chi connectivity index (χ3n) is 5.66. The molecule has 2 heterocycles. The molecular formula is C24H20N2O3. The third kappa shape index (κ3) is 2.65. The maximum atomic E-state index is 12.9. The summed E-state index contributed by atoms with van der Waals surface area (Å²) in [5.41, 5.74) is 3.79. The van der Waals surface area contributed by atoms with Crippen molar-refractivity contribution < 1.29 is 14.7 Å². The van der Waals surface area contributed by atoms with Crippen LogP contribution in [0.3, 0.4) is 0 Å². The van der Waals surface area contributed by atoms with Crippen molar-refractivity contribution in [3.8, 4) is 5.88 Å². The number of aliphatic imine (C=N–C) groups is 1. The van der Waals surface area contributed by atoms with E-state index in [2.05, 4.69) is 4.98 Å². The zero-order valence-electron chi connectivity index (χ0n) is 16.2. The minimum absolute atomic E-state index is 0.0217. The highest BCUT2D eigenvalue weighted by Gasteiger charge is 2.39. The van der Waals surface area contributed by atoms with Gasteiger partial charge in [0.25, 0.3) is 0 Å². The van der Waals surface area contributed by atoms with Gasteiger partial charge in [-0.3, -0.25) is 9.59 Å². The SMILES string of the molecule is CC1(C)CC(=O)C(=C2N=C(c3c(O)[nH]c4ccccc34)c3ccccc32)C(=O)C1. The number of H-pyrrole nitrogens is 1. The first-order valence-electron chi connectivity index (χ1n) is 9.65. The molecule has 1 aliphatic carbocycles. The molecule has 3 aromatic rings. The zero-order valence-corrected chi connectivity index (χ0v) is 16.2. The molecule has 0 saturated heterocycles. The summed E-state index contributed by atoms with van der Waals surface area (Å²) in [5.74, 6) is -0.304. The maximum Gasteiger partial charge on any atom is 0.199 e. The Labute approximate surface area is 167 Å². The number of aromatic hydroxyl groups is 1. The number of carbonyl (C=O) groups is 2. The second-order valence-corrected chi connectivity index (χ2v) is 8.49. The number of ketones is 2. The molecule has 2 aliphatic rings. The number of aromatic nitrogens is 1. The van der Waals surface area contributed by atoms with Crippen molar-refractivity contribution in [1.29, 1.82) is 0 Å². The van der Waals surface area contributed by atoms with E-state index in [0.717, 1.165) is 22.0 Å². The van der Waals surface area contributed by atoms with Crippen LogP contribution in [0.1, 0.15) is 43.4 Å². The molecule has 1 aromatic heterocycles. The lowest BCUT2D eigenvalue weighted by Crippen LogP contribution is -2.32. The highest BCUT2D eigenvalue weighted by molar-refractivity contribution is 6.32. The minimum atomic E-state index is -0.335. The lowest BCUT2D eigenvalue weighted by atomic mass is 9.73. The summed E-state index contributed by atoms with van der Waals surface area (Å²) < 4.78 is 0. The molecule has 5 heteroatoms. The number of Topliss-reactive ketones (excluding diaryl/α,β-unsaturated/α-hetero) is 2. The Bertz CT molecular complexity index is 1250. The van der Waals surface area contributed by atoms with Crippen molar-refractivity contribution in [3.63, 3.8) is 0 Å². The second kappa shape index (κ2) is 6.01. The van der Waals surface area contributed by atoms with Gasteiger partial charge in [-0.05, 0) is 11.5 Å². The van der Waals surface area contributed by atoms with Crippen molar-refractivity contribution >= 4 is 33.9 Å². The molecule has 0 spiro atoms. The lowest BCUT2D eigenvalue weighted by molar-refractivity contribution is -0.127. The van der Waals surface area contributed by atoms with Gasteiger partial charge in [0.1, 0.15) is 0 Å². The second-order valence-electron chi connectivity index (χ2n) is 8.49. The van der Waals surface area contributed by atoms with Gasteiger partial charge >= 0.3 is 0 Å². The summed E-state index contributed by atoms with van der Waals surface area (Å²) in [6.07, 6.45) is 0.645. The number of aromatic amines is 1. The van der Waals surface area contributed by atoms with Gasteiger partial charge in [-0.1, -0.05) is 56.3 Å². The molecule has 5 nitrogen and oxygen atoms in total. The summed E-state index contributed by atoms with van der Waals surface area (Å²) in [6, 6.07) is 15.1. The fourth-order valence-electron chi connectivity index (χ4n) is 4.41.